The van der Waals surface area contributed by atoms with Crippen molar-refractivity contribution in [3.63, 3.8) is 0 Å². The van der Waals surface area contributed by atoms with Crippen LogP contribution in [0.3, 0.4) is 0 Å². The zero-order valence-corrected chi connectivity index (χ0v) is 18.6. The Hall–Kier alpha value is -3.92. The molecule has 4 nitrogen and oxygen atoms in total. The van der Waals surface area contributed by atoms with Gasteiger partial charge in [-0.3, -0.25) is 4.57 Å². The summed E-state index contributed by atoms with van der Waals surface area (Å²) in [7, 11) is 0. The van der Waals surface area contributed by atoms with Gasteiger partial charge in [0.1, 0.15) is 11.4 Å². The fourth-order valence-corrected chi connectivity index (χ4v) is 4.79. The molecule has 156 valence electrons. The summed E-state index contributed by atoms with van der Waals surface area (Å²) in [5, 5.41) is 2.16. The Kier molecular flexibility index (Phi) is 3.99. The van der Waals surface area contributed by atoms with Crippen molar-refractivity contribution in [2.24, 2.45) is 0 Å². The molecule has 3 aromatic carbocycles. The highest BCUT2D eigenvalue weighted by Gasteiger charge is 2.19. The van der Waals surface area contributed by atoms with Crippen molar-refractivity contribution in [3.8, 4) is 17.1 Å². The maximum atomic E-state index is 6.13. The number of imidazole rings is 1. The number of aryl methyl sites for hydroxylation is 4. The van der Waals surface area contributed by atoms with Crippen molar-refractivity contribution in [1.29, 1.82) is 0 Å². The van der Waals surface area contributed by atoms with Gasteiger partial charge in [0.2, 0.25) is 5.71 Å². The molecule has 0 amide bonds. The topological polar surface area (TPSA) is 43.9 Å². The summed E-state index contributed by atoms with van der Waals surface area (Å²) >= 11 is 0. The van der Waals surface area contributed by atoms with Gasteiger partial charge >= 0.3 is 0 Å². The highest BCUT2D eigenvalue weighted by Crippen LogP contribution is 2.36. The van der Waals surface area contributed by atoms with Crippen molar-refractivity contribution < 1.29 is 4.42 Å². The summed E-state index contributed by atoms with van der Waals surface area (Å²) in [5.41, 5.74) is 10.5. The van der Waals surface area contributed by atoms with Gasteiger partial charge in [-0.05, 0) is 68.1 Å². The lowest BCUT2D eigenvalue weighted by molar-refractivity contribution is 0.651. The lowest BCUT2D eigenvalue weighted by atomic mass is 10.0. The molecule has 4 heteroatoms. The van der Waals surface area contributed by atoms with E-state index < -0.39 is 0 Å². The summed E-state index contributed by atoms with van der Waals surface area (Å²) in [6, 6.07) is 21.1. The average molecular weight is 418 g/mol. The number of hydrogen-bond acceptors (Lipinski definition) is 3. The first-order valence-corrected chi connectivity index (χ1v) is 10.9. The van der Waals surface area contributed by atoms with Crippen LogP contribution in [-0.4, -0.2) is 14.5 Å². The first kappa shape index (κ1) is 18.8. The molecule has 0 unspecified atom stereocenters. The molecule has 0 fully saturated rings. The van der Waals surface area contributed by atoms with E-state index in [1.807, 2.05) is 12.3 Å². The van der Waals surface area contributed by atoms with Crippen LogP contribution in [0.15, 0.2) is 71.3 Å². The van der Waals surface area contributed by atoms with Gasteiger partial charge < -0.3 is 4.42 Å². The molecular weight excluding hydrogens is 394 g/mol. The van der Waals surface area contributed by atoms with E-state index in [9.17, 15) is 0 Å². The second kappa shape index (κ2) is 6.79. The van der Waals surface area contributed by atoms with Gasteiger partial charge in [-0.15, -0.1) is 0 Å². The Morgan fingerprint density at radius 1 is 0.781 bits per heavy atom. The van der Waals surface area contributed by atoms with Crippen LogP contribution in [0, 0.1) is 27.7 Å². The minimum Gasteiger partial charge on any atom is -0.437 e. The van der Waals surface area contributed by atoms with Crippen LogP contribution >= 0.6 is 0 Å². The van der Waals surface area contributed by atoms with E-state index in [-0.39, 0.29) is 0 Å². The average Bonchev–Trinajstić information content (AvgIpc) is 3.36. The molecule has 3 heterocycles. The Morgan fingerprint density at radius 2 is 1.53 bits per heavy atom. The van der Waals surface area contributed by atoms with Crippen LogP contribution < -0.4 is 0 Å². The predicted octanol–water partition coefficient (Wildman–Crippen LogP) is 7.22. The second-order valence-corrected chi connectivity index (χ2v) is 8.58. The third-order valence-electron chi connectivity index (χ3n) is 6.36. The van der Waals surface area contributed by atoms with E-state index in [0.717, 1.165) is 44.3 Å². The van der Waals surface area contributed by atoms with Crippen molar-refractivity contribution >= 4 is 33.1 Å². The largest absolute Gasteiger partial charge is 0.437 e. The van der Waals surface area contributed by atoms with E-state index in [1.165, 1.54) is 22.4 Å². The SMILES string of the molecule is Cc1cccc(C)c1-n1c(-c2cnc3oc4c(C)ccc(C)c4c3c2)nc2ccccc21. The van der Waals surface area contributed by atoms with Gasteiger partial charge in [0.05, 0.1) is 16.7 Å². The predicted molar refractivity (Wildman–Crippen MR) is 131 cm³/mol. The summed E-state index contributed by atoms with van der Waals surface area (Å²) < 4.78 is 8.40. The molecule has 3 aromatic heterocycles. The lowest BCUT2D eigenvalue weighted by Crippen LogP contribution is -2.02. The molecule has 0 aliphatic rings. The molecule has 0 bridgehead atoms. The molecule has 0 radical (unpaired) electrons. The molecule has 0 aliphatic carbocycles. The highest BCUT2D eigenvalue weighted by molar-refractivity contribution is 6.07. The van der Waals surface area contributed by atoms with E-state index in [4.69, 9.17) is 14.4 Å². The quantitative estimate of drug-likeness (QED) is 0.299. The standard InChI is InChI=1S/C28H23N3O/c1-16-12-13-19(4)26-24(16)21-14-20(15-29-28(21)32-26)27-30-22-10-5-6-11-23(22)31(27)25-17(2)8-7-9-18(25)3/h5-15H,1-4H3. The molecular formula is C28H23N3O. The molecule has 0 saturated heterocycles. The Bertz CT molecular complexity index is 1650. The number of hydrogen-bond donors (Lipinski definition) is 0. The fraction of sp³-hybridized carbons (Fsp3) is 0.143. The maximum Gasteiger partial charge on any atom is 0.227 e. The summed E-state index contributed by atoms with van der Waals surface area (Å²) in [6.07, 6.45) is 1.88. The van der Waals surface area contributed by atoms with Crippen LogP contribution in [0.5, 0.6) is 0 Å². The number of benzene rings is 3. The molecule has 0 spiro atoms. The molecule has 0 N–H and O–H groups in total. The van der Waals surface area contributed by atoms with Crippen molar-refractivity contribution in [1.82, 2.24) is 14.5 Å². The van der Waals surface area contributed by atoms with Crippen LogP contribution in [0.4, 0.5) is 0 Å². The first-order valence-electron chi connectivity index (χ1n) is 10.9. The number of fused-ring (bicyclic) bond motifs is 4. The van der Waals surface area contributed by atoms with Gasteiger partial charge in [-0.1, -0.05) is 42.5 Å². The molecule has 32 heavy (non-hydrogen) atoms. The Balaban J connectivity index is 1.71. The van der Waals surface area contributed by atoms with E-state index >= 15 is 0 Å². The highest BCUT2D eigenvalue weighted by atomic mass is 16.3. The monoisotopic (exact) mass is 417 g/mol. The Morgan fingerprint density at radius 3 is 2.34 bits per heavy atom. The summed E-state index contributed by atoms with van der Waals surface area (Å²) in [4.78, 5) is 9.75. The number of para-hydroxylation sites is 3. The minimum atomic E-state index is 0.663. The van der Waals surface area contributed by atoms with Gasteiger partial charge in [0, 0.05) is 22.5 Å². The third kappa shape index (κ3) is 2.62. The zero-order valence-electron chi connectivity index (χ0n) is 18.6. The van der Waals surface area contributed by atoms with Gasteiger partial charge in [0.25, 0.3) is 0 Å². The lowest BCUT2D eigenvalue weighted by Gasteiger charge is -2.15. The maximum absolute atomic E-state index is 6.13. The Labute approximate surface area is 186 Å². The van der Waals surface area contributed by atoms with Crippen molar-refractivity contribution in [2.75, 3.05) is 0 Å². The number of pyridine rings is 1. The van der Waals surface area contributed by atoms with Gasteiger partial charge in [0.15, 0.2) is 0 Å². The summed E-state index contributed by atoms with van der Waals surface area (Å²) in [5.74, 6) is 0.887. The van der Waals surface area contributed by atoms with Gasteiger partial charge in [-0.2, -0.15) is 0 Å². The van der Waals surface area contributed by atoms with Gasteiger partial charge in [-0.25, -0.2) is 9.97 Å². The minimum absolute atomic E-state index is 0.663. The van der Waals surface area contributed by atoms with Crippen LogP contribution in [0.1, 0.15) is 22.3 Å². The molecule has 0 saturated carbocycles. The van der Waals surface area contributed by atoms with E-state index in [2.05, 4.69) is 86.9 Å². The first-order chi connectivity index (χ1) is 15.5. The number of rotatable bonds is 2. The van der Waals surface area contributed by atoms with Crippen molar-refractivity contribution in [2.45, 2.75) is 27.7 Å². The third-order valence-corrected chi connectivity index (χ3v) is 6.36. The van der Waals surface area contributed by atoms with E-state index in [1.54, 1.807) is 0 Å². The number of aromatic nitrogens is 3. The normalized spacial score (nSPS) is 11.8. The van der Waals surface area contributed by atoms with E-state index in [0.29, 0.717) is 5.71 Å². The van der Waals surface area contributed by atoms with Crippen molar-refractivity contribution in [3.05, 3.63) is 89.1 Å². The van der Waals surface area contributed by atoms with Crippen LogP contribution in [0.2, 0.25) is 0 Å². The second-order valence-electron chi connectivity index (χ2n) is 8.58. The van der Waals surface area contributed by atoms with Crippen LogP contribution in [-0.2, 0) is 0 Å². The summed E-state index contributed by atoms with van der Waals surface area (Å²) in [6.45, 7) is 8.50. The number of furan rings is 1. The molecule has 0 aliphatic heterocycles. The zero-order chi connectivity index (χ0) is 22.0. The molecule has 0 atom stereocenters. The van der Waals surface area contributed by atoms with Crippen LogP contribution in [0.25, 0.3) is 50.2 Å². The molecule has 6 aromatic rings. The molecule has 6 rings (SSSR count). The smallest absolute Gasteiger partial charge is 0.227 e. The number of nitrogens with zero attached hydrogens (tertiary/aromatic N) is 3. The fourth-order valence-electron chi connectivity index (χ4n) is 4.79.